The number of hydrogen-bond acceptors (Lipinski definition) is 4. The van der Waals surface area contributed by atoms with E-state index in [4.69, 9.17) is 5.11 Å². The van der Waals surface area contributed by atoms with Gasteiger partial charge in [0.05, 0.1) is 17.9 Å². The van der Waals surface area contributed by atoms with E-state index < -0.39 is 5.97 Å². The molecular weight excluding hydrogens is 238 g/mol. The highest BCUT2D eigenvalue weighted by Gasteiger charge is 2.16. The fourth-order valence-corrected chi connectivity index (χ4v) is 2.29. The Bertz CT molecular complexity index is 395. The van der Waals surface area contributed by atoms with E-state index in [2.05, 4.69) is 5.32 Å². The highest BCUT2D eigenvalue weighted by Crippen LogP contribution is 2.28. The molecule has 1 atom stereocenters. The standard InChI is InChI=1S/C12H17NO3S/c1-3-17-10-6-4-5-9(11(10)12(15)16)13-8(2)7-14/h4-6,8,13-14H,3,7H2,1-2H3,(H,15,16). The van der Waals surface area contributed by atoms with Gasteiger partial charge in [-0.1, -0.05) is 13.0 Å². The van der Waals surface area contributed by atoms with Crippen LogP contribution in [0.4, 0.5) is 5.69 Å². The van der Waals surface area contributed by atoms with Crippen molar-refractivity contribution in [3.63, 3.8) is 0 Å². The van der Waals surface area contributed by atoms with Crippen molar-refractivity contribution in [1.29, 1.82) is 0 Å². The Balaban J connectivity index is 3.10. The van der Waals surface area contributed by atoms with Crippen molar-refractivity contribution >= 4 is 23.4 Å². The fraction of sp³-hybridized carbons (Fsp3) is 0.417. The zero-order valence-electron chi connectivity index (χ0n) is 9.93. The summed E-state index contributed by atoms with van der Waals surface area (Å²) >= 11 is 1.50. The van der Waals surface area contributed by atoms with Gasteiger partial charge in [0.25, 0.3) is 0 Å². The zero-order valence-corrected chi connectivity index (χ0v) is 10.8. The molecule has 0 aliphatic carbocycles. The number of aliphatic hydroxyl groups is 1. The van der Waals surface area contributed by atoms with Gasteiger partial charge in [0.1, 0.15) is 0 Å². The Labute approximate surface area is 105 Å². The molecule has 0 bridgehead atoms. The Morgan fingerprint density at radius 2 is 2.24 bits per heavy atom. The van der Waals surface area contributed by atoms with Crippen LogP contribution in [0.3, 0.4) is 0 Å². The number of benzene rings is 1. The average molecular weight is 255 g/mol. The number of aliphatic hydroxyl groups excluding tert-OH is 1. The molecule has 0 spiro atoms. The number of nitrogens with one attached hydrogen (secondary N) is 1. The first-order chi connectivity index (χ1) is 8.10. The van der Waals surface area contributed by atoms with Crippen molar-refractivity contribution in [2.45, 2.75) is 24.8 Å². The van der Waals surface area contributed by atoms with Crippen molar-refractivity contribution in [2.24, 2.45) is 0 Å². The molecule has 0 radical (unpaired) electrons. The number of anilines is 1. The number of carboxylic acids is 1. The highest BCUT2D eigenvalue weighted by molar-refractivity contribution is 7.99. The molecule has 0 aromatic heterocycles. The SMILES string of the molecule is CCSc1cccc(NC(C)CO)c1C(=O)O. The van der Waals surface area contributed by atoms with E-state index in [0.717, 1.165) is 10.6 Å². The first-order valence-electron chi connectivity index (χ1n) is 5.46. The van der Waals surface area contributed by atoms with E-state index in [0.29, 0.717) is 5.69 Å². The molecule has 5 heteroatoms. The van der Waals surface area contributed by atoms with Gasteiger partial charge in [-0.3, -0.25) is 0 Å². The summed E-state index contributed by atoms with van der Waals surface area (Å²) in [5.74, 6) is -0.131. The smallest absolute Gasteiger partial charge is 0.338 e. The maximum Gasteiger partial charge on any atom is 0.338 e. The minimum atomic E-state index is -0.950. The molecule has 0 fully saturated rings. The summed E-state index contributed by atoms with van der Waals surface area (Å²) in [6.45, 7) is 3.74. The number of hydrogen-bond donors (Lipinski definition) is 3. The van der Waals surface area contributed by atoms with Crippen LogP contribution in [0.5, 0.6) is 0 Å². The van der Waals surface area contributed by atoms with Gasteiger partial charge in [-0.25, -0.2) is 4.79 Å². The molecule has 1 unspecified atom stereocenters. The number of aromatic carboxylic acids is 1. The van der Waals surface area contributed by atoms with E-state index >= 15 is 0 Å². The average Bonchev–Trinajstić information content (AvgIpc) is 2.29. The lowest BCUT2D eigenvalue weighted by Crippen LogP contribution is -2.21. The molecule has 0 aliphatic rings. The van der Waals surface area contributed by atoms with Crippen LogP contribution in [0.2, 0.25) is 0 Å². The molecular formula is C12H17NO3S. The maximum atomic E-state index is 11.3. The molecule has 0 saturated carbocycles. The van der Waals surface area contributed by atoms with Gasteiger partial charge in [0.2, 0.25) is 0 Å². The summed E-state index contributed by atoms with van der Waals surface area (Å²) in [5.41, 5.74) is 0.831. The normalized spacial score (nSPS) is 12.2. The third kappa shape index (κ3) is 3.64. The van der Waals surface area contributed by atoms with E-state index in [9.17, 15) is 9.90 Å². The lowest BCUT2D eigenvalue weighted by Gasteiger charge is -2.16. The molecule has 1 aromatic carbocycles. The van der Waals surface area contributed by atoms with Gasteiger partial charge in [0.15, 0.2) is 0 Å². The van der Waals surface area contributed by atoms with Crippen LogP contribution in [0, 0.1) is 0 Å². The van der Waals surface area contributed by atoms with Crippen LogP contribution < -0.4 is 5.32 Å². The van der Waals surface area contributed by atoms with Gasteiger partial charge in [-0.15, -0.1) is 11.8 Å². The van der Waals surface area contributed by atoms with E-state index in [1.807, 2.05) is 13.0 Å². The second-order valence-corrected chi connectivity index (χ2v) is 4.95. The van der Waals surface area contributed by atoms with Crippen molar-refractivity contribution in [3.05, 3.63) is 23.8 Å². The Hall–Kier alpha value is -1.20. The molecule has 0 amide bonds. The Kier molecular flexibility index (Phi) is 5.31. The van der Waals surface area contributed by atoms with Crippen LogP contribution in [-0.4, -0.2) is 34.6 Å². The monoisotopic (exact) mass is 255 g/mol. The van der Waals surface area contributed by atoms with Crippen molar-refractivity contribution < 1.29 is 15.0 Å². The summed E-state index contributed by atoms with van der Waals surface area (Å²) in [4.78, 5) is 12.0. The van der Waals surface area contributed by atoms with Crippen LogP contribution in [0.1, 0.15) is 24.2 Å². The van der Waals surface area contributed by atoms with Gasteiger partial charge in [0, 0.05) is 10.9 Å². The topological polar surface area (TPSA) is 69.6 Å². The zero-order chi connectivity index (χ0) is 12.8. The molecule has 0 aliphatic heterocycles. The van der Waals surface area contributed by atoms with E-state index in [1.54, 1.807) is 19.1 Å². The van der Waals surface area contributed by atoms with Gasteiger partial charge in [-0.05, 0) is 24.8 Å². The lowest BCUT2D eigenvalue weighted by molar-refractivity contribution is 0.0694. The number of thioether (sulfide) groups is 1. The highest BCUT2D eigenvalue weighted by atomic mass is 32.2. The van der Waals surface area contributed by atoms with Crippen molar-refractivity contribution in [3.8, 4) is 0 Å². The van der Waals surface area contributed by atoms with Crippen molar-refractivity contribution in [1.82, 2.24) is 0 Å². The predicted molar refractivity (Wildman–Crippen MR) is 70.0 cm³/mol. The fourth-order valence-electron chi connectivity index (χ4n) is 1.46. The first-order valence-corrected chi connectivity index (χ1v) is 6.45. The van der Waals surface area contributed by atoms with Gasteiger partial charge in [-0.2, -0.15) is 0 Å². The number of carbonyl (C=O) groups is 1. The third-order valence-electron chi connectivity index (χ3n) is 2.22. The van der Waals surface area contributed by atoms with Crippen LogP contribution in [-0.2, 0) is 0 Å². The molecule has 0 heterocycles. The van der Waals surface area contributed by atoms with Gasteiger partial charge < -0.3 is 15.5 Å². The second kappa shape index (κ2) is 6.51. The summed E-state index contributed by atoms with van der Waals surface area (Å²) in [5, 5.41) is 21.2. The summed E-state index contributed by atoms with van der Waals surface area (Å²) in [6, 6.07) is 5.16. The molecule has 4 nitrogen and oxygen atoms in total. The molecule has 3 N–H and O–H groups in total. The van der Waals surface area contributed by atoms with E-state index in [1.165, 1.54) is 11.8 Å². The Morgan fingerprint density at radius 3 is 2.76 bits per heavy atom. The second-order valence-electron chi connectivity index (χ2n) is 3.64. The summed E-state index contributed by atoms with van der Waals surface area (Å²) in [6.07, 6.45) is 0. The van der Waals surface area contributed by atoms with Crippen LogP contribution in [0.25, 0.3) is 0 Å². The summed E-state index contributed by atoms with van der Waals surface area (Å²) in [7, 11) is 0. The first kappa shape index (κ1) is 13.9. The predicted octanol–water partition coefficient (Wildman–Crippen LogP) is 2.29. The minimum absolute atomic E-state index is 0.0375. The van der Waals surface area contributed by atoms with Gasteiger partial charge >= 0.3 is 5.97 Å². The van der Waals surface area contributed by atoms with E-state index in [-0.39, 0.29) is 18.2 Å². The third-order valence-corrected chi connectivity index (χ3v) is 3.16. The van der Waals surface area contributed by atoms with Crippen molar-refractivity contribution in [2.75, 3.05) is 17.7 Å². The maximum absolute atomic E-state index is 11.3. The Morgan fingerprint density at radius 1 is 1.53 bits per heavy atom. The summed E-state index contributed by atoms with van der Waals surface area (Å²) < 4.78 is 0. The van der Waals surface area contributed by atoms with Crippen LogP contribution >= 0.6 is 11.8 Å². The molecule has 1 rings (SSSR count). The minimum Gasteiger partial charge on any atom is -0.478 e. The molecule has 0 saturated heterocycles. The van der Waals surface area contributed by atoms with Crippen LogP contribution in [0.15, 0.2) is 23.1 Å². The molecule has 17 heavy (non-hydrogen) atoms. The molecule has 94 valence electrons. The lowest BCUT2D eigenvalue weighted by atomic mass is 10.1. The molecule has 1 aromatic rings. The number of rotatable bonds is 6. The largest absolute Gasteiger partial charge is 0.478 e. The number of carboxylic acid groups (broad SMARTS) is 1. The quantitative estimate of drug-likeness (QED) is 0.680.